The minimum Gasteiger partial charge on any atom is -0.493 e. The standard InChI is InChI=1S/C26H36N6O6/c1-26(28-17-27-25(31-26)29-19-15-22(34-3)24(36-5)23(16-19)35-4)30-18-6-7-20(21(14-18)33-2)38-13-10-32-8-11-37-12-9-32/h6-7,14-17,30H,8-13H2,1-5H3,(H2,27,28,29,31). The van der Waals surface area contributed by atoms with E-state index in [1.807, 2.05) is 25.1 Å². The molecule has 38 heavy (non-hydrogen) atoms. The van der Waals surface area contributed by atoms with E-state index in [1.165, 1.54) is 0 Å². The summed E-state index contributed by atoms with van der Waals surface area (Å²) in [6.45, 7) is 6.65. The molecule has 0 amide bonds. The Morgan fingerprint density at radius 2 is 1.61 bits per heavy atom. The molecule has 1 unspecified atom stereocenters. The maximum Gasteiger partial charge on any atom is 0.227 e. The molecule has 0 spiro atoms. The fourth-order valence-electron chi connectivity index (χ4n) is 4.16. The van der Waals surface area contributed by atoms with E-state index in [4.69, 9.17) is 33.4 Å². The molecule has 2 heterocycles. The molecule has 0 radical (unpaired) electrons. The van der Waals surface area contributed by atoms with Crippen LogP contribution in [0.2, 0.25) is 0 Å². The van der Waals surface area contributed by atoms with Crippen molar-refractivity contribution in [3.8, 4) is 28.7 Å². The number of ether oxygens (including phenoxy) is 6. The Morgan fingerprint density at radius 3 is 2.26 bits per heavy atom. The van der Waals surface area contributed by atoms with E-state index < -0.39 is 5.79 Å². The van der Waals surface area contributed by atoms with E-state index in [9.17, 15) is 0 Å². The second-order valence-electron chi connectivity index (χ2n) is 8.72. The van der Waals surface area contributed by atoms with Crippen molar-refractivity contribution in [2.75, 3.05) is 78.5 Å². The molecule has 0 bridgehead atoms. The number of methoxy groups -OCH3 is 4. The fraction of sp³-hybridized carbons (Fsp3) is 0.462. The van der Waals surface area contributed by atoms with Crippen molar-refractivity contribution in [1.82, 2.24) is 10.2 Å². The maximum absolute atomic E-state index is 6.00. The van der Waals surface area contributed by atoms with Gasteiger partial charge in [0.05, 0.1) is 48.0 Å². The van der Waals surface area contributed by atoms with Crippen molar-refractivity contribution >= 4 is 23.7 Å². The fourth-order valence-corrected chi connectivity index (χ4v) is 4.16. The molecular formula is C26H36N6O6. The van der Waals surface area contributed by atoms with E-state index in [0.29, 0.717) is 47.0 Å². The van der Waals surface area contributed by atoms with Crippen LogP contribution in [0.4, 0.5) is 11.4 Å². The molecule has 3 N–H and O–H groups in total. The first-order valence-electron chi connectivity index (χ1n) is 12.3. The Morgan fingerprint density at radius 1 is 0.921 bits per heavy atom. The van der Waals surface area contributed by atoms with Gasteiger partial charge in [-0.05, 0) is 12.1 Å². The quantitative estimate of drug-likeness (QED) is 0.402. The third-order valence-corrected chi connectivity index (χ3v) is 6.09. The molecule has 4 rings (SSSR count). The van der Waals surface area contributed by atoms with E-state index in [-0.39, 0.29) is 0 Å². The molecule has 12 heteroatoms. The first kappa shape index (κ1) is 27.1. The number of hydrogen-bond donors (Lipinski definition) is 3. The van der Waals surface area contributed by atoms with Crippen LogP contribution in [0.1, 0.15) is 6.92 Å². The van der Waals surface area contributed by atoms with Crippen molar-refractivity contribution in [2.24, 2.45) is 9.98 Å². The smallest absolute Gasteiger partial charge is 0.227 e. The summed E-state index contributed by atoms with van der Waals surface area (Å²) in [6.07, 6.45) is 1.58. The summed E-state index contributed by atoms with van der Waals surface area (Å²) in [5.74, 6) is 2.38. The number of guanidine groups is 1. The first-order chi connectivity index (χ1) is 18.5. The van der Waals surface area contributed by atoms with Crippen molar-refractivity contribution in [3.63, 3.8) is 0 Å². The monoisotopic (exact) mass is 528 g/mol. The minimum atomic E-state index is -0.974. The van der Waals surface area contributed by atoms with Gasteiger partial charge in [-0.25, -0.2) is 9.98 Å². The number of benzene rings is 2. The normalized spacial score (nSPS) is 19.1. The van der Waals surface area contributed by atoms with Gasteiger partial charge >= 0.3 is 0 Å². The third kappa shape index (κ3) is 6.69. The summed E-state index contributed by atoms with van der Waals surface area (Å²) < 4.78 is 33.3. The van der Waals surface area contributed by atoms with Crippen molar-refractivity contribution in [2.45, 2.75) is 12.7 Å². The second-order valence-corrected chi connectivity index (χ2v) is 8.72. The van der Waals surface area contributed by atoms with Gasteiger partial charge in [0.2, 0.25) is 17.5 Å². The Bertz CT molecular complexity index is 1130. The Balaban J connectivity index is 1.43. The van der Waals surface area contributed by atoms with Gasteiger partial charge in [-0.15, -0.1) is 0 Å². The molecule has 2 aliphatic heterocycles. The highest BCUT2D eigenvalue weighted by Gasteiger charge is 2.26. The first-order valence-corrected chi connectivity index (χ1v) is 12.3. The Labute approximate surface area is 222 Å². The molecule has 0 saturated carbocycles. The second kappa shape index (κ2) is 12.6. The van der Waals surface area contributed by atoms with E-state index in [2.05, 4.69) is 25.8 Å². The molecule has 1 saturated heterocycles. The summed E-state index contributed by atoms with van der Waals surface area (Å²) in [7, 11) is 6.32. The summed E-state index contributed by atoms with van der Waals surface area (Å²) in [4.78, 5) is 11.5. The molecule has 1 atom stereocenters. The number of nitrogens with one attached hydrogen (secondary N) is 3. The zero-order valence-corrected chi connectivity index (χ0v) is 22.5. The minimum absolute atomic E-state index is 0.485. The van der Waals surface area contributed by atoms with Crippen molar-refractivity contribution < 1.29 is 28.4 Å². The maximum atomic E-state index is 6.00. The number of aliphatic imine (C=N–C) groups is 2. The molecule has 0 aliphatic carbocycles. The highest BCUT2D eigenvalue weighted by molar-refractivity contribution is 6.01. The van der Waals surface area contributed by atoms with Gasteiger partial charge in [-0.2, -0.15) is 0 Å². The average Bonchev–Trinajstić information content (AvgIpc) is 2.93. The summed E-state index contributed by atoms with van der Waals surface area (Å²) in [6, 6.07) is 9.26. The number of rotatable bonds is 11. The molecular weight excluding hydrogens is 492 g/mol. The van der Waals surface area contributed by atoms with Gasteiger partial charge in [0.15, 0.2) is 23.0 Å². The van der Waals surface area contributed by atoms with Crippen LogP contribution < -0.4 is 39.6 Å². The topological polar surface area (TPSA) is 119 Å². The van der Waals surface area contributed by atoms with Gasteiger partial charge in [0.25, 0.3) is 0 Å². The van der Waals surface area contributed by atoms with Crippen LogP contribution >= 0.6 is 0 Å². The predicted octanol–water partition coefficient (Wildman–Crippen LogP) is 2.62. The van der Waals surface area contributed by atoms with Crippen LogP contribution in [-0.4, -0.2) is 90.9 Å². The van der Waals surface area contributed by atoms with Gasteiger partial charge in [-0.3, -0.25) is 4.90 Å². The van der Waals surface area contributed by atoms with Crippen molar-refractivity contribution in [1.29, 1.82) is 0 Å². The van der Waals surface area contributed by atoms with Crippen LogP contribution in [0, 0.1) is 0 Å². The molecule has 2 aromatic carbocycles. The van der Waals surface area contributed by atoms with Gasteiger partial charge < -0.3 is 44.4 Å². The van der Waals surface area contributed by atoms with Crippen LogP contribution in [0.25, 0.3) is 0 Å². The zero-order valence-electron chi connectivity index (χ0n) is 22.5. The van der Waals surface area contributed by atoms with Crippen molar-refractivity contribution in [3.05, 3.63) is 30.3 Å². The largest absolute Gasteiger partial charge is 0.493 e. The molecule has 2 aromatic rings. The van der Waals surface area contributed by atoms with Gasteiger partial charge in [0, 0.05) is 56.1 Å². The highest BCUT2D eigenvalue weighted by Crippen LogP contribution is 2.40. The summed E-state index contributed by atoms with van der Waals surface area (Å²) in [5, 5.41) is 9.63. The lowest BCUT2D eigenvalue weighted by Gasteiger charge is -2.28. The zero-order chi connectivity index (χ0) is 27.0. The van der Waals surface area contributed by atoms with E-state index in [0.717, 1.165) is 38.5 Å². The van der Waals surface area contributed by atoms with Crippen LogP contribution in [0.15, 0.2) is 40.3 Å². The van der Waals surface area contributed by atoms with Gasteiger partial charge in [-0.1, -0.05) is 0 Å². The molecule has 1 fully saturated rings. The van der Waals surface area contributed by atoms with Crippen LogP contribution in [0.3, 0.4) is 0 Å². The third-order valence-electron chi connectivity index (χ3n) is 6.09. The number of morpholine rings is 1. The van der Waals surface area contributed by atoms with Gasteiger partial charge in [0.1, 0.15) is 6.61 Å². The summed E-state index contributed by atoms with van der Waals surface area (Å²) >= 11 is 0. The Hall–Kier alpha value is -3.90. The molecule has 2 aliphatic rings. The molecule has 0 aromatic heterocycles. The van der Waals surface area contributed by atoms with E-state index in [1.54, 1.807) is 46.9 Å². The lowest BCUT2D eigenvalue weighted by Crippen LogP contribution is -2.43. The SMILES string of the molecule is COc1cc(NC2(C)N=CNC(Nc3cc(OC)c(OC)c(OC)c3)=N2)ccc1OCCN1CCOCC1. The molecule has 206 valence electrons. The predicted molar refractivity (Wildman–Crippen MR) is 147 cm³/mol. The van der Waals surface area contributed by atoms with Crippen LogP contribution in [0.5, 0.6) is 28.7 Å². The lowest BCUT2D eigenvalue weighted by atomic mass is 10.2. The summed E-state index contributed by atoms with van der Waals surface area (Å²) in [5.41, 5.74) is 1.48. The highest BCUT2D eigenvalue weighted by atomic mass is 16.5. The number of anilines is 2. The number of nitrogens with zero attached hydrogens (tertiary/aromatic N) is 3. The van der Waals surface area contributed by atoms with Crippen LogP contribution in [-0.2, 0) is 4.74 Å². The number of hydrogen-bond acceptors (Lipinski definition) is 12. The lowest BCUT2D eigenvalue weighted by molar-refractivity contribution is 0.0321. The van der Waals surface area contributed by atoms with E-state index >= 15 is 0 Å². The molecule has 12 nitrogen and oxygen atoms in total. The Kier molecular flexibility index (Phi) is 8.98. The average molecular weight is 529 g/mol.